The normalized spacial score (nSPS) is 19.8. The Morgan fingerprint density at radius 3 is 2.32 bits per heavy atom. The Balaban J connectivity index is 1.65. The zero-order valence-corrected chi connectivity index (χ0v) is 13.6. The topological polar surface area (TPSA) is 41.1 Å². The fourth-order valence-corrected chi connectivity index (χ4v) is 3.59. The molecule has 1 aliphatic heterocycles. The van der Waals surface area contributed by atoms with E-state index < -0.39 is 0 Å². The number of thioether (sulfide) groups is 1. The fourth-order valence-electron chi connectivity index (χ4n) is 2.54. The Morgan fingerprint density at radius 1 is 1.09 bits per heavy atom. The van der Waals surface area contributed by atoms with Crippen molar-refractivity contribution in [1.82, 2.24) is 5.32 Å². The number of hydrogen-bond donors (Lipinski definition) is 2. The Bertz CT molecular complexity index is 653. The van der Waals surface area contributed by atoms with Gasteiger partial charge in [0.2, 0.25) is 5.91 Å². The van der Waals surface area contributed by atoms with Gasteiger partial charge in [0.25, 0.3) is 0 Å². The third-order valence-corrected chi connectivity index (χ3v) is 5.05. The highest BCUT2D eigenvalue weighted by Crippen LogP contribution is 2.29. The standard InChI is InChI=1S/C18H20N2OS/c1-18(2)20-16(12-22-18)17(21)19-15-10-8-14(9-11-15)13-6-4-3-5-7-13/h3-11,16,20H,12H2,1-2H3,(H,19,21). The number of amides is 1. The molecule has 0 spiro atoms. The summed E-state index contributed by atoms with van der Waals surface area (Å²) in [7, 11) is 0. The minimum Gasteiger partial charge on any atom is -0.325 e. The first-order chi connectivity index (χ1) is 10.5. The minimum absolute atomic E-state index is 0.0286. The maximum Gasteiger partial charge on any atom is 0.242 e. The predicted octanol–water partition coefficient (Wildman–Crippen LogP) is 3.73. The first-order valence-electron chi connectivity index (χ1n) is 7.41. The molecule has 2 N–H and O–H groups in total. The van der Waals surface area contributed by atoms with Crippen LogP contribution < -0.4 is 10.6 Å². The molecule has 0 aliphatic carbocycles. The molecule has 0 bridgehead atoms. The molecule has 3 nitrogen and oxygen atoms in total. The van der Waals surface area contributed by atoms with Crippen LogP contribution in [-0.4, -0.2) is 22.6 Å². The Morgan fingerprint density at radius 2 is 1.73 bits per heavy atom. The van der Waals surface area contributed by atoms with E-state index in [0.29, 0.717) is 0 Å². The summed E-state index contributed by atoms with van der Waals surface area (Å²) < 4.78 is 0. The van der Waals surface area contributed by atoms with Crippen molar-refractivity contribution in [2.75, 3.05) is 11.1 Å². The average molecular weight is 312 g/mol. The minimum atomic E-state index is -0.131. The van der Waals surface area contributed by atoms with Gasteiger partial charge < -0.3 is 5.32 Å². The zero-order valence-electron chi connectivity index (χ0n) is 12.8. The molecule has 22 heavy (non-hydrogen) atoms. The molecule has 3 rings (SSSR count). The molecule has 0 radical (unpaired) electrons. The van der Waals surface area contributed by atoms with Crippen molar-refractivity contribution in [3.8, 4) is 11.1 Å². The molecule has 0 aromatic heterocycles. The van der Waals surface area contributed by atoms with Crippen molar-refractivity contribution >= 4 is 23.4 Å². The first-order valence-corrected chi connectivity index (χ1v) is 8.40. The number of nitrogens with one attached hydrogen (secondary N) is 2. The molecule has 1 aliphatic rings. The average Bonchev–Trinajstić information content (AvgIpc) is 2.89. The lowest BCUT2D eigenvalue weighted by Gasteiger charge is -2.18. The van der Waals surface area contributed by atoms with Crippen molar-refractivity contribution in [2.24, 2.45) is 0 Å². The van der Waals surface area contributed by atoms with Crippen LogP contribution in [0.4, 0.5) is 5.69 Å². The van der Waals surface area contributed by atoms with E-state index in [1.807, 2.05) is 42.5 Å². The largest absolute Gasteiger partial charge is 0.325 e. The van der Waals surface area contributed by atoms with Crippen LogP contribution >= 0.6 is 11.8 Å². The van der Waals surface area contributed by atoms with E-state index in [1.54, 1.807) is 11.8 Å². The van der Waals surface area contributed by atoms with E-state index in [1.165, 1.54) is 5.56 Å². The van der Waals surface area contributed by atoms with E-state index in [0.717, 1.165) is 17.0 Å². The smallest absolute Gasteiger partial charge is 0.242 e. The van der Waals surface area contributed by atoms with Crippen LogP contribution in [0, 0.1) is 0 Å². The molecule has 1 saturated heterocycles. The van der Waals surface area contributed by atoms with Crippen molar-refractivity contribution in [3.63, 3.8) is 0 Å². The summed E-state index contributed by atoms with van der Waals surface area (Å²) in [5.41, 5.74) is 3.16. The lowest BCUT2D eigenvalue weighted by Crippen LogP contribution is -2.43. The van der Waals surface area contributed by atoms with Crippen LogP contribution in [0.15, 0.2) is 54.6 Å². The van der Waals surface area contributed by atoms with Gasteiger partial charge in [-0.1, -0.05) is 42.5 Å². The molecule has 1 atom stereocenters. The molecule has 2 aromatic carbocycles. The third kappa shape index (κ3) is 3.51. The highest BCUT2D eigenvalue weighted by Gasteiger charge is 2.34. The predicted molar refractivity (Wildman–Crippen MR) is 94.0 cm³/mol. The quantitative estimate of drug-likeness (QED) is 0.907. The fraction of sp³-hybridized carbons (Fsp3) is 0.278. The molecular formula is C18H20N2OS. The highest BCUT2D eigenvalue weighted by atomic mass is 32.2. The molecular weight excluding hydrogens is 292 g/mol. The number of hydrogen-bond acceptors (Lipinski definition) is 3. The summed E-state index contributed by atoms with van der Waals surface area (Å²) in [4.78, 5) is 12.2. The van der Waals surface area contributed by atoms with Crippen molar-refractivity contribution in [1.29, 1.82) is 0 Å². The molecule has 4 heteroatoms. The van der Waals surface area contributed by atoms with Crippen LogP contribution in [0.25, 0.3) is 11.1 Å². The maximum absolute atomic E-state index is 12.3. The molecule has 114 valence electrons. The van der Waals surface area contributed by atoms with Gasteiger partial charge in [0.05, 0.1) is 10.9 Å². The van der Waals surface area contributed by atoms with E-state index in [2.05, 4.69) is 36.6 Å². The number of rotatable bonds is 3. The maximum atomic E-state index is 12.3. The lowest BCUT2D eigenvalue weighted by atomic mass is 10.1. The van der Waals surface area contributed by atoms with Gasteiger partial charge in [-0.05, 0) is 37.1 Å². The Kier molecular flexibility index (Phi) is 4.23. The summed E-state index contributed by atoms with van der Waals surface area (Å²) >= 11 is 1.77. The first kappa shape index (κ1) is 15.1. The highest BCUT2D eigenvalue weighted by molar-refractivity contribution is 8.00. The molecule has 1 unspecified atom stereocenters. The number of benzene rings is 2. The van der Waals surface area contributed by atoms with Crippen LogP contribution in [0.3, 0.4) is 0 Å². The van der Waals surface area contributed by atoms with Crippen LogP contribution in [0.1, 0.15) is 13.8 Å². The number of carbonyl (C=O) groups excluding carboxylic acids is 1. The van der Waals surface area contributed by atoms with Crippen molar-refractivity contribution in [3.05, 3.63) is 54.6 Å². The van der Waals surface area contributed by atoms with Gasteiger partial charge >= 0.3 is 0 Å². The van der Waals surface area contributed by atoms with E-state index in [-0.39, 0.29) is 16.8 Å². The van der Waals surface area contributed by atoms with E-state index in [4.69, 9.17) is 0 Å². The van der Waals surface area contributed by atoms with Gasteiger partial charge in [-0.15, -0.1) is 11.8 Å². The van der Waals surface area contributed by atoms with Gasteiger partial charge in [-0.3, -0.25) is 10.1 Å². The zero-order chi connectivity index (χ0) is 15.6. The van der Waals surface area contributed by atoms with Crippen LogP contribution in [-0.2, 0) is 4.79 Å². The van der Waals surface area contributed by atoms with Crippen molar-refractivity contribution in [2.45, 2.75) is 24.8 Å². The third-order valence-electron chi connectivity index (χ3n) is 3.71. The number of carbonyl (C=O) groups is 1. The van der Waals surface area contributed by atoms with Gasteiger partial charge in [-0.25, -0.2) is 0 Å². The molecule has 1 heterocycles. The molecule has 1 fully saturated rings. The molecule has 1 amide bonds. The summed E-state index contributed by atoms with van der Waals surface area (Å²) in [6.07, 6.45) is 0. The van der Waals surface area contributed by atoms with Crippen LogP contribution in [0.5, 0.6) is 0 Å². The molecule has 0 saturated carbocycles. The summed E-state index contributed by atoms with van der Waals surface area (Å²) in [6, 6.07) is 18.1. The SMILES string of the molecule is CC1(C)NC(C(=O)Nc2ccc(-c3ccccc3)cc2)CS1. The second-order valence-electron chi connectivity index (χ2n) is 5.95. The number of anilines is 1. The Hall–Kier alpha value is -1.78. The van der Waals surface area contributed by atoms with Gasteiger partial charge in [-0.2, -0.15) is 0 Å². The second kappa shape index (κ2) is 6.15. The molecule has 2 aromatic rings. The summed E-state index contributed by atoms with van der Waals surface area (Å²) in [6.45, 7) is 4.19. The van der Waals surface area contributed by atoms with Crippen LogP contribution in [0.2, 0.25) is 0 Å². The lowest BCUT2D eigenvalue weighted by molar-refractivity contribution is -0.117. The monoisotopic (exact) mass is 312 g/mol. The van der Waals surface area contributed by atoms with E-state index in [9.17, 15) is 4.79 Å². The Labute approximate surface area is 135 Å². The van der Waals surface area contributed by atoms with Gasteiger partial charge in [0.1, 0.15) is 0 Å². The van der Waals surface area contributed by atoms with Crippen molar-refractivity contribution < 1.29 is 4.79 Å². The van der Waals surface area contributed by atoms with E-state index >= 15 is 0 Å². The van der Waals surface area contributed by atoms with Gasteiger partial charge in [0.15, 0.2) is 0 Å². The second-order valence-corrected chi connectivity index (χ2v) is 7.59. The summed E-state index contributed by atoms with van der Waals surface area (Å²) in [5.74, 6) is 0.839. The summed E-state index contributed by atoms with van der Waals surface area (Å²) in [5, 5.41) is 6.32. The van der Waals surface area contributed by atoms with Gasteiger partial charge in [0, 0.05) is 11.4 Å².